The Morgan fingerprint density at radius 1 is 1.08 bits per heavy atom. The van der Waals surface area contributed by atoms with Crippen LogP contribution in [0.15, 0.2) is 60.7 Å². The Labute approximate surface area is 228 Å². The highest BCUT2D eigenvalue weighted by molar-refractivity contribution is 6.30. The van der Waals surface area contributed by atoms with Gasteiger partial charge in [-0.15, -0.1) is 13.2 Å². The molecule has 1 amide bonds. The maximum Gasteiger partial charge on any atom is 0.573 e. The number of aliphatic hydroxyl groups excluding tert-OH is 1. The minimum atomic E-state index is -4.85. The summed E-state index contributed by atoms with van der Waals surface area (Å²) in [5.74, 6) is 0.150. The summed E-state index contributed by atoms with van der Waals surface area (Å²) in [7, 11) is 1.49. The Hall–Kier alpha value is -3.63. The van der Waals surface area contributed by atoms with Gasteiger partial charge in [0.05, 0.1) is 19.4 Å². The number of nitrogens with one attached hydrogen (secondary N) is 1. The van der Waals surface area contributed by atoms with E-state index < -0.39 is 12.4 Å². The predicted molar refractivity (Wildman–Crippen MR) is 140 cm³/mol. The Morgan fingerprint density at radius 3 is 2.44 bits per heavy atom. The lowest BCUT2D eigenvalue weighted by atomic mass is 9.99. The second kappa shape index (κ2) is 10.5. The van der Waals surface area contributed by atoms with E-state index in [1.807, 2.05) is 0 Å². The number of hydrogen-bond donors (Lipinski definition) is 2. The van der Waals surface area contributed by atoms with Crippen LogP contribution >= 0.6 is 11.6 Å². The summed E-state index contributed by atoms with van der Waals surface area (Å²) in [6.45, 7) is 0.245. The van der Waals surface area contributed by atoms with Crippen molar-refractivity contribution in [2.24, 2.45) is 0 Å². The van der Waals surface area contributed by atoms with E-state index in [9.17, 15) is 18.0 Å². The summed E-state index contributed by atoms with van der Waals surface area (Å²) in [5, 5.41) is 12.9. The Balaban J connectivity index is 1.52. The van der Waals surface area contributed by atoms with E-state index in [0.29, 0.717) is 40.0 Å². The van der Waals surface area contributed by atoms with Crippen LogP contribution < -0.4 is 24.4 Å². The molecule has 1 fully saturated rings. The largest absolute Gasteiger partial charge is 0.573 e. The van der Waals surface area contributed by atoms with Crippen molar-refractivity contribution < 1.29 is 37.3 Å². The number of benzene rings is 3. The molecular weight excluding hydrogens is 537 g/mol. The molecule has 1 unspecified atom stereocenters. The number of ether oxygens (including phenoxy) is 3. The Kier molecular flexibility index (Phi) is 7.26. The number of hydrogen-bond acceptors (Lipinski definition) is 6. The molecule has 2 aliphatic rings. The number of rotatable bonds is 9. The number of fused-ring (bicyclic) bond motifs is 2. The Bertz CT molecular complexity index is 1360. The molecule has 7 nitrogen and oxygen atoms in total. The monoisotopic (exact) mass is 562 g/mol. The fourth-order valence-electron chi connectivity index (χ4n) is 4.91. The Morgan fingerprint density at radius 2 is 1.79 bits per heavy atom. The van der Waals surface area contributed by atoms with Gasteiger partial charge < -0.3 is 29.5 Å². The standard InChI is InChI=1S/C28H26ClF3N2O5/c1-37-21-12-19(13-22(14-21)38-11-10-35)33-25(17-2-4-18(29)5-3-17)26(36)34-16-27(8-9-27)23-7-6-20(15-24(23)34)39-28(30,31)32/h2-7,12-15,25,33,35H,8-11,16H2,1H3. The van der Waals surface area contributed by atoms with Crippen LogP contribution in [0.25, 0.3) is 0 Å². The van der Waals surface area contributed by atoms with Gasteiger partial charge in [-0.1, -0.05) is 29.8 Å². The normalized spacial score (nSPS) is 16.0. The third-order valence-electron chi connectivity index (χ3n) is 6.88. The second-order valence-corrected chi connectivity index (χ2v) is 9.97. The van der Waals surface area contributed by atoms with E-state index in [2.05, 4.69) is 10.1 Å². The number of aliphatic hydroxyl groups is 1. The highest BCUT2D eigenvalue weighted by Gasteiger charge is 2.54. The summed E-state index contributed by atoms with van der Waals surface area (Å²) in [6.07, 6.45) is -3.18. The molecule has 39 heavy (non-hydrogen) atoms. The summed E-state index contributed by atoms with van der Waals surface area (Å²) >= 11 is 6.10. The quantitative estimate of drug-likeness (QED) is 0.341. The maximum absolute atomic E-state index is 14.2. The van der Waals surface area contributed by atoms with Gasteiger partial charge in [-0.3, -0.25) is 4.79 Å². The fraction of sp³-hybridized carbons (Fsp3) is 0.321. The van der Waals surface area contributed by atoms with E-state index in [0.717, 1.165) is 18.4 Å². The number of nitrogens with zero attached hydrogens (tertiary/aromatic N) is 1. The number of halogens is 4. The van der Waals surface area contributed by atoms with Crippen molar-refractivity contribution in [1.82, 2.24) is 0 Å². The first-order valence-corrected chi connectivity index (χ1v) is 12.6. The van der Waals surface area contributed by atoms with Crippen molar-refractivity contribution in [3.05, 3.63) is 76.8 Å². The summed E-state index contributed by atoms with van der Waals surface area (Å²) in [4.78, 5) is 15.7. The van der Waals surface area contributed by atoms with E-state index in [4.69, 9.17) is 26.2 Å². The molecule has 11 heteroatoms. The van der Waals surface area contributed by atoms with Gasteiger partial charge in [-0.25, -0.2) is 0 Å². The first kappa shape index (κ1) is 27.0. The van der Waals surface area contributed by atoms with Gasteiger partial charge >= 0.3 is 6.36 Å². The fourth-order valence-corrected chi connectivity index (χ4v) is 5.04. The van der Waals surface area contributed by atoms with Crippen LogP contribution in [0.3, 0.4) is 0 Å². The maximum atomic E-state index is 14.2. The van der Waals surface area contributed by atoms with Crippen molar-refractivity contribution in [2.45, 2.75) is 30.7 Å². The molecule has 1 saturated carbocycles. The molecule has 2 N–H and O–H groups in total. The lowest BCUT2D eigenvalue weighted by molar-refractivity contribution is -0.274. The van der Waals surface area contributed by atoms with E-state index in [-0.39, 0.29) is 30.3 Å². The smallest absolute Gasteiger partial charge is 0.497 e. The zero-order valence-corrected chi connectivity index (χ0v) is 21.7. The molecule has 1 spiro atoms. The van der Waals surface area contributed by atoms with E-state index in [1.165, 1.54) is 24.1 Å². The zero-order chi connectivity index (χ0) is 27.8. The van der Waals surface area contributed by atoms with Gasteiger partial charge in [0, 0.05) is 46.9 Å². The van der Waals surface area contributed by atoms with Crippen LogP contribution in [0.4, 0.5) is 24.5 Å². The summed E-state index contributed by atoms with van der Waals surface area (Å²) in [5.41, 5.74) is 2.07. The SMILES string of the molecule is COc1cc(NC(C(=O)N2CC3(CC3)c3ccc(OC(F)(F)F)cc32)c2ccc(Cl)cc2)cc(OCCO)c1. The van der Waals surface area contributed by atoms with Gasteiger partial charge in [-0.2, -0.15) is 0 Å². The highest BCUT2D eigenvalue weighted by atomic mass is 35.5. The lowest BCUT2D eigenvalue weighted by Gasteiger charge is -2.27. The number of anilines is 2. The third-order valence-corrected chi connectivity index (χ3v) is 7.13. The third kappa shape index (κ3) is 5.86. The molecule has 0 saturated heterocycles. The van der Waals surface area contributed by atoms with Crippen molar-refractivity contribution in [3.63, 3.8) is 0 Å². The molecule has 1 atom stereocenters. The van der Waals surface area contributed by atoms with Crippen LogP contribution in [-0.4, -0.2) is 44.2 Å². The van der Waals surface area contributed by atoms with Crippen molar-refractivity contribution in [2.75, 3.05) is 37.1 Å². The van der Waals surface area contributed by atoms with Crippen molar-refractivity contribution in [3.8, 4) is 17.2 Å². The average Bonchev–Trinajstić information content (AvgIpc) is 3.61. The van der Waals surface area contributed by atoms with E-state index >= 15 is 0 Å². The number of methoxy groups -OCH3 is 1. The van der Waals surface area contributed by atoms with Gasteiger partial charge in [0.2, 0.25) is 0 Å². The molecule has 1 aliphatic carbocycles. The number of carbonyl (C=O) groups excluding carboxylic acids is 1. The highest BCUT2D eigenvalue weighted by Crippen LogP contribution is 2.57. The minimum absolute atomic E-state index is 0.0706. The number of carbonyl (C=O) groups is 1. The molecule has 1 heterocycles. The van der Waals surface area contributed by atoms with Gasteiger partial charge in [0.25, 0.3) is 5.91 Å². The predicted octanol–water partition coefficient (Wildman–Crippen LogP) is 5.85. The summed E-state index contributed by atoms with van der Waals surface area (Å²) in [6, 6.07) is 15.0. The topological polar surface area (TPSA) is 80.3 Å². The molecule has 1 aliphatic heterocycles. The van der Waals surface area contributed by atoms with Gasteiger partial charge in [-0.05, 0) is 42.2 Å². The van der Waals surface area contributed by atoms with Crippen LogP contribution in [0.2, 0.25) is 5.02 Å². The summed E-state index contributed by atoms with van der Waals surface area (Å²) < 4.78 is 53.9. The van der Waals surface area contributed by atoms with Crippen molar-refractivity contribution in [1.29, 1.82) is 0 Å². The van der Waals surface area contributed by atoms with Crippen LogP contribution in [-0.2, 0) is 10.2 Å². The number of amides is 1. The first-order chi connectivity index (χ1) is 18.6. The first-order valence-electron chi connectivity index (χ1n) is 12.3. The van der Waals surface area contributed by atoms with Crippen molar-refractivity contribution >= 4 is 28.9 Å². The molecule has 206 valence electrons. The second-order valence-electron chi connectivity index (χ2n) is 9.53. The van der Waals surface area contributed by atoms with Crippen LogP contribution in [0.1, 0.15) is 30.0 Å². The molecule has 0 bridgehead atoms. The lowest BCUT2D eigenvalue weighted by Crippen LogP contribution is -2.38. The zero-order valence-electron chi connectivity index (χ0n) is 20.9. The molecule has 5 rings (SSSR count). The average molecular weight is 563 g/mol. The van der Waals surface area contributed by atoms with Gasteiger partial charge in [0.15, 0.2) is 0 Å². The van der Waals surface area contributed by atoms with Crippen LogP contribution in [0, 0.1) is 0 Å². The molecule has 0 radical (unpaired) electrons. The molecule has 0 aromatic heterocycles. The van der Waals surface area contributed by atoms with Gasteiger partial charge in [0.1, 0.15) is 29.9 Å². The van der Waals surface area contributed by atoms with E-state index in [1.54, 1.807) is 48.5 Å². The minimum Gasteiger partial charge on any atom is -0.497 e. The van der Waals surface area contributed by atoms with Crippen LogP contribution in [0.5, 0.6) is 17.2 Å². The molecular formula is C28H26ClF3N2O5. The number of alkyl halides is 3. The molecule has 3 aromatic rings. The molecule has 3 aromatic carbocycles.